The van der Waals surface area contributed by atoms with Crippen molar-refractivity contribution in [2.24, 2.45) is 0 Å². The second kappa shape index (κ2) is 9.19. The van der Waals surface area contributed by atoms with Gasteiger partial charge in [0, 0.05) is 11.1 Å². The van der Waals surface area contributed by atoms with E-state index in [1.165, 1.54) is 0 Å². The molecule has 2 aromatic heterocycles. The van der Waals surface area contributed by atoms with Gasteiger partial charge in [0.15, 0.2) is 12.6 Å². The highest BCUT2D eigenvalue weighted by Crippen LogP contribution is 2.24. The number of anilines is 1. The Hall–Kier alpha value is -3.03. The summed E-state index contributed by atoms with van der Waals surface area (Å²) in [6.45, 7) is 5.40. The number of thiophene rings is 1. The van der Waals surface area contributed by atoms with Crippen LogP contribution >= 0.6 is 11.3 Å². The van der Waals surface area contributed by atoms with E-state index in [0.717, 1.165) is 39.2 Å². The van der Waals surface area contributed by atoms with Crippen LogP contribution in [0.1, 0.15) is 26.2 Å². The van der Waals surface area contributed by atoms with Crippen LogP contribution in [0.5, 0.6) is 0 Å². The normalized spacial score (nSPS) is 13.3. The molecule has 0 spiro atoms. The highest BCUT2D eigenvalue weighted by Gasteiger charge is 2.27. The Balaban J connectivity index is 1.48. The van der Waals surface area contributed by atoms with Gasteiger partial charge in [-0.25, -0.2) is 0 Å². The molecule has 4 aromatic rings. The molecule has 154 valence electrons. The maximum Gasteiger partial charge on any atom is 0.282 e. The zero-order chi connectivity index (χ0) is 20.9. The maximum atomic E-state index is 13.1. The summed E-state index contributed by atoms with van der Waals surface area (Å²) in [5.74, 6) is 1.06. The second-order valence-electron chi connectivity index (χ2n) is 7.30. The third-order valence-electron chi connectivity index (χ3n) is 5.20. The lowest BCUT2D eigenvalue weighted by atomic mass is 10.1. The molecule has 4 rings (SSSR count). The van der Waals surface area contributed by atoms with E-state index < -0.39 is 0 Å². The summed E-state index contributed by atoms with van der Waals surface area (Å²) < 4.78 is 5.85. The van der Waals surface area contributed by atoms with E-state index in [4.69, 9.17) is 4.42 Å². The number of fused-ring (bicyclic) bond motifs is 1. The van der Waals surface area contributed by atoms with Crippen LogP contribution in [-0.4, -0.2) is 28.7 Å². The van der Waals surface area contributed by atoms with Crippen molar-refractivity contribution in [3.05, 3.63) is 65.9 Å². The molecule has 0 aliphatic rings. The number of nitrogens with one attached hydrogen (secondary N) is 2. The number of carbonyl (C=O) groups excluding carboxylic acids is 1. The van der Waals surface area contributed by atoms with Crippen LogP contribution in [0.3, 0.4) is 0 Å². The average molecular weight is 422 g/mol. The van der Waals surface area contributed by atoms with E-state index in [0.29, 0.717) is 18.3 Å². The van der Waals surface area contributed by atoms with Crippen LogP contribution in [0.4, 0.5) is 5.69 Å². The Kier molecular flexibility index (Phi) is 6.21. The molecule has 2 aromatic carbocycles. The van der Waals surface area contributed by atoms with Crippen molar-refractivity contribution in [1.82, 2.24) is 10.2 Å². The van der Waals surface area contributed by atoms with Crippen LogP contribution in [0, 0.1) is 0 Å². The summed E-state index contributed by atoms with van der Waals surface area (Å²) in [7, 11) is 0. The Morgan fingerprint density at radius 2 is 1.97 bits per heavy atom. The van der Waals surface area contributed by atoms with Crippen molar-refractivity contribution in [1.29, 1.82) is 0 Å². The molecule has 0 saturated carbocycles. The number of nitrogens with zero attached hydrogens (tertiary/aromatic N) is 2. The monoisotopic (exact) mass is 421 g/mol. The first-order valence-electron chi connectivity index (χ1n) is 10.1. The molecule has 6 nitrogen and oxygen atoms in total. The van der Waals surface area contributed by atoms with Crippen molar-refractivity contribution in [3.8, 4) is 10.8 Å². The molecule has 0 fully saturated rings. The topological polar surface area (TPSA) is 72.5 Å². The molecule has 2 atom stereocenters. The van der Waals surface area contributed by atoms with Gasteiger partial charge in [-0.15, -0.1) is 21.5 Å². The second-order valence-corrected chi connectivity index (χ2v) is 8.25. The number of carbonyl (C=O) groups is 1. The van der Waals surface area contributed by atoms with Gasteiger partial charge in [-0.1, -0.05) is 49.4 Å². The van der Waals surface area contributed by atoms with Crippen molar-refractivity contribution >= 4 is 33.7 Å². The molecule has 7 heteroatoms. The molecule has 2 heterocycles. The van der Waals surface area contributed by atoms with Crippen molar-refractivity contribution in [2.45, 2.75) is 32.9 Å². The van der Waals surface area contributed by atoms with Crippen molar-refractivity contribution in [3.63, 3.8) is 0 Å². The number of hydrogen-bond acceptors (Lipinski definition) is 5. The summed E-state index contributed by atoms with van der Waals surface area (Å²) in [5.41, 5.74) is 0.832. The minimum absolute atomic E-state index is 0.0206. The first-order valence-corrected chi connectivity index (χ1v) is 11.0. The number of amides is 1. The average Bonchev–Trinajstić information content (AvgIpc) is 3.45. The molecule has 1 amide bonds. The minimum Gasteiger partial charge on any atom is -0.414 e. The summed E-state index contributed by atoms with van der Waals surface area (Å²) >= 11 is 1.56. The van der Waals surface area contributed by atoms with Gasteiger partial charge in [-0.05, 0) is 36.2 Å². The smallest absolute Gasteiger partial charge is 0.282 e. The predicted octanol–water partition coefficient (Wildman–Crippen LogP) is 3.77. The lowest BCUT2D eigenvalue weighted by molar-refractivity contribution is -0.928. The molecule has 1 unspecified atom stereocenters. The van der Waals surface area contributed by atoms with Gasteiger partial charge in [-0.2, -0.15) is 0 Å². The lowest BCUT2D eigenvalue weighted by Gasteiger charge is -2.24. The maximum absolute atomic E-state index is 13.1. The zero-order valence-electron chi connectivity index (χ0n) is 17.1. The van der Waals surface area contributed by atoms with Gasteiger partial charge in [-0.3, -0.25) is 4.79 Å². The fourth-order valence-electron chi connectivity index (χ4n) is 3.56. The van der Waals surface area contributed by atoms with Crippen LogP contribution in [0.2, 0.25) is 0 Å². The van der Waals surface area contributed by atoms with E-state index in [1.54, 1.807) is 11.3 Å². The quantitative estimate of drug-likeness (QED) is 0.454. The molecule has 30 heavy (non-hydrogen) atoms. The Morgan fingerprint density at radius 1 is 1.13 bits per heavy atom. The number of hydrogen-bond donors (Lipinski definition) is 2. The van der Waals surface area contributed by atoms with Gasteiger partial charge in [0.1, 0.15) is 0 Å². The fourth-order valence-corrected chi connectivity index (χ4v) is 4.20. The highest BCUT2D eigenvalue weighted by molar-refractivity contribution is 7.13. The minimum atomic E-state index is -0.263. The van der Waals surface area contributed by atoms with Gasteiger partial charge in [0.05, 0.1) is 11.4 Å². The van der Waals surface area contributed by atoms with Crippen LogP contribution in [-0.2, 0) is 11.3 Å². The van der Waals surface area contributed by atoms with Gasteiger partial charge >= 0.3 is 0 Å². The molecular weight excluding hydrogens is 396 g/mol. The van der Waals surface area contributed by atoms with Crippen molar-refractivity contribution < 1.29 is 14.1 Å². The largest absolute Gasteiger partial charge is 0.414 e. The Labute approximate surface area is 179 Å². The number of rotatable bonds is 8. The van der Waals surface area contributed by atoms with E-state index in [1.807, 2.05) is 66.9 Å². The van der Waals surface area contributed by atoms with Crippen molar-refractivity contribution in [2.75, 3.05) is 11.9 Å². The summed E-state index contributed by atoms with van der Waals surface area (Å²) in [6, 6.07) is 17.7. The fraction of sp³-hybridized carbons (Fsp3) is 0.261. The third kappa shape index (κ3) is 4.42. The number of aromatic nitrogens is 2. The Bertz CT molecular complexity index is 1120. The Morgan fingerprint density at radius 3 is 2.77 bits per heavy atom. The third-order valence-corrected chi connectivity index (χ3v) is 6.06. The van der Waals surface area contributed by atoms with Gasteiger partial charge < -0.3 is 14.6 Å². The lowest BCUT2D eigenvalue weighted by Crippen LogP contribution is -3.15. The summed E-state index contributed by atoms with van der Waals surface area (Å²) in [4.78, 5) is 15.1. The molecular formula is C23H25N4O2S+. The summed E-state index contributed by atoms with van der Waals surface area (Å²) in [5, 5.41) is 15.6. The summed E-state index contributed by atoms with van der Waals surface area (Å²) in [6.07, 6.45) is 0.952. The van der Waals surface area contributed by atoms with Crippen LogP contribution < -0.4 is 10.2 Å². The molecule has 0 bridgehead atoms. The number of benzene rings is 2. The van der Waals surface area contributed by atoms with E-state index in [2.05, 4.69) is 22.4 Å². The molecule has 2 N–H and O–H groups in total. The highest BCUT2D eigenvalue weighted by atomic mass is 32.1. The first kappa shape index (κ1) is 20.3. The standard InChI is InChI=1S/C23H24N4O2S/c1-3-13-27(15-21-25-26-23(29-21)20-12-7-14-30-20)16(2)22(28)24-19-11-6-9-17-8-4-5-10-18(17)19/h4-12,14,16H,3,13,15H2,1-2H3,(H,24,28)/p+1/t16-/m0/s1. The number of quaternary nitrogens is 1. The SMILES string of the molecule is CCC[NH+](Cc1nnc(-c2cccs2)o1)[C@@H](C)C(=O)Nc1cccc2ccccc12. The molecule has 0 saturated heterocycles. The molecule has 0 aliphatic carbocycles. The van der Waals surface area contributed by atoms with E-state index in [9.17, 15) is 4.79 Å². The zero-order valence-corrected chi connectivity index (χ0v) is 17.9. The predicted molar refractivity (Wildman–Crippen MR) is 119 cm³/mol. The van der Waals surface area contributed by atoms with E-state index in [-0.39, 0.29) is 11.9 Å². The van der Waals surface area contributed by atoms with Gasteiger partial charge in [0.2, 0.25) is 0 Å². The first-order chi connectivity index (χ1) is 14.7. The van der Waals surface area contributed by atoms with Gasteiger partial charge in [0.25, 0.3) is 17.7 Å². The molecule has 0 radical (unpaired) electrons. The van der Waals surface area contributed by atoms with Crippen LogP contribution in [0.15, 0.2) is 64.4 Å². The van der Waals surface area contributed by atoms with E-state index >= 15 is 0 Å². The van der Waals surface area contributed by atoms with Crippen LogP contribution in [0.25, 0.3) is 21.5 Å². The molecule has 0 aliphatic heterocycles.